The number of aromatic nitrogens is 1. The summed E-state index contributed by atoms with van der Waals surface area (Å²) in [5, 5.41) is 0.785. The highest BCUT2D eigenvalue weighted by Crippen LogP contribution is 2.19. The molecular formula is C19H17NO3. The number of para-hydroxylation sites is 1. The number of esters is 1. The van der Waals surface area contributed by atoms with Crippen LogP contribution in [0.5, 0.6) is 0 Å². The summed E-state index contributed by atoms with van der Waals surface area (Å²) < 4.78 is 5.34. The van der Waals surface area contributed by atoms with E-state index in [1.54, 1.807) is 25.3 Å². The van der Waals surface area contributed by atoms with Gasteiger partial charge in [-0.1, -0.05) is 48.0 Å². The number of aryl methyl sites for hydroxylation is 1. The van der Waals surface area contributed by atoms with Crippen molar-refractivity contribution in [3.8, 4) is 0 Å². The van der Waals surface area contributed by atoms with Gasteiger partial charge >= 0.3 is 5.97 Å². The summed E-state index contributed by atoms with van der Waals surface area (Å²) in [6, 6.07) is 14.7. The van der Waals surface area contributed by atoms with E-state index in [4.69, 9.17) is 4.74 Å². The van der Waals surface area contributed by atoms with Crippen molar-refractivity contribution < 1.29 is 14.3 Å². The van der Waals surface area contributed by atoms with E-state index in [2.05, 4.69) is 4.98 Å². The summed E-state index contributed by atoms with van der Waals surface area (Å²) >= 11 is 0. The van der Waals surface area contributed by atoms with E-state index in [1.807, 2.05) is 43.3 Å². The minimum Gasteiger partial charge on any atom is -0.451 e. The number of Topliss-reactive ketones (excluding diaryl/α,β-unsaturated/α-hetero) is 1. The summed E-state index contributed by atoms with van der Waals surface area (Å²) in [6.45, 7) is 3.55. The fourth-order valence-corrected chi connectivity index (χ4v) is 2.47. The van der Waals surface area contributed by atoms with Crippen LogP contribution in [-0.2, 0) is 4.74 Å². The van der Waals surface area contributed by atoms with E-state index >= 15 is 0 Å². The molecule has 0 bridgehead atoms. The molecule has 0 fully saturated rings. The molecule has 1 N–H and O–H groups in total. The molecular weight excluding hydrogens is 290 g/mol. The van der Waals surface area contributed by atoms with E-state index in [9.17, 15) is 9.59 Å². The van der Waals surface area contributed by atoms with Gasteiger partial charge in [0.1, 0.15) is 0 Å². The third-order valence-electron chi connectivity index (χ3n) is 3.80. The Bertz CT molecular complexity index is 862. The van der Waals surface area contributed by atoms with Crippen molar-refractivity contribution in [2.45, 2.75) is 20.0 Å². The summed E-state index contributed by atoms with van der Waals surface area (Å²) in [6.07, 6.45) is 0.773. The van der Waals surface area contributed by atoms with Crippen LogP contribution in [0.4, 0.5) is 0 Å². The minimum absolute atomic E-state index is 0.210. The first kappa shape index (κ1) is 15.0. The van der Waals surface area contributed by atoms with Gasteiger partial charge in [0, 0.05) is 22.7 Å². The van der Waals surface area contributed by atoms with E-state index in [-0.39, 0.29) is 5.78 Å². The first-order valence-electron chi connectivity index (χ1n) is 7.44. The molecule has 0 saturated heterocycles. The predicted molar refractivity (Wildman–Crippen MR) is 88.7 cm³/mol. The van der Waals surface area contributed by atoms with Crippen molar-refractivity contribution in [1.29, 1.82) is 0 Å². The normalized spacial score (nSPS) is 12.1. The molecule has 116 valence electrons. The van der Waals surface area contributed by atoms with Crippen molar-refractivity contribution in [1.82, 2.24) is 4.98 Å². The third-order valence-corrected chi connectivity index (χ3v) is 3.80. The Labute approximate surface area is 134 Å². The fourth-order valence-electron chi connectivity index (χ4n) is 2.47. The van der Waals surface area contributed by atoms with Crippen molar-refractivity contribution >= 4 is 22.7 Å². The molecule has 3 aromatic rings. The average molecular weight is 307 g/mol. The molecule has 0 unspecified atom stereocenters. The Hall–Kier alpha value is -2.88. The van der Waals surface area contributed by atoms with Crippen molar-refractivity contribution in [3.63, 3.8) is 0 Å². The van der Waals surface area contributed by atoms with Gasteiger partial charge in [0.25, 0.3) is 0 Å². The highest BCUT2D eigenvalue weighted by Gasteiger charge is 2.22. The number of carbonyl (C=O) groups excluding carboxylic acids is 2. The molecule has 23 heavy (non-hydrogen) atoms. The zero-order valence-electron chi connectivity index (χ0n) is 13.0. The van der Waals surface area contributed by atoms with Gasteiger partial charge in [0.05, 0.1) is 5.56 Å². The van der Waals surface area contributed by atoms with Crippen LogP contribution in [0.1, 0.15) is 33.2 Å². The Balaban J connectivity index is 1.77. The molecule has 3 rings (SSSR count). The maximum Gasteiger partial charge on any atom is 0.341 e. The number of rotatable bonds is 4. The van der Waals surface area contributed by atoms with Gasteiger partial charge in [-0.05, 0) is 19.9 Å². The summed E-state index contributed by atoms with van der Waals surface area (Å²) in [7, 11) is 0. The van der Waals surface area contributed by atoms with Crippen molar-refractivity contribution in [3.05, 3.63) is 71.4 Å². The molecule has 1 aromatic heterocycles. The monoisotopic (exact) mass is 307 g/mol. The number of hydrogen-bond acceptors (Lipinski definition) is 3. The largest absolute Gasteiger partial charge is 0.451 e. The number of nitrogens with one attached hydrogen (secondary N) is 1. The lowest BCUT2D eigenvalue weighted by atomic mass is 10.1. The lowest BCUT2D eigenvalue weighted by Crippen LogP contribution is -2.24. The average Bonchev–Trinajstić information content (AvgIpc) is 2.99. The van der Waals surface area contributed by atoms with Crippen molar-refractivity contribution in [2.75, 3.05) is 0 Å². The van der Waals surface area contributed by atoms with Crippen LogP contribution in [0.2, 0.25) is 0 Å². The Morgan fingerprint density at radius 1 is 1.04 bits per heavy atom. The van der Waals surface area contributed by atoms with Crippen LogP contribution in [0.15, 0.2) is 54.7 Å². The van der Waals surface area contributed by atoms with Gasteiger partial charge in [0.15, 0.2) is 6.10 Å². The van der Waals surface area contributed by atoms with Gasteiger partial charge in [0.2, 0.25) is 5.78 Å². The quantitative estimate of drug-likeness (QED) is 0.587. The maximum absolute atomic E-state index is 12.3. The highest BCUT2D eigenvalue weighted by molar-refractivity contribution is 6.06. The van der Waals surface area contributed by atoms with Gasteiger partial charge < -0.3 is 9.72 Å². The lowest BCUT2D eigenvalue weighted by molar-refractivity contribution is 0.0321. The summed E-state index contributed by atoms with van der Waals surface area (Å²) in [4.78, 5) is 27.7. The highest BCUT2D eigenvalue weighted by atomic mass is 16.5. The standard InChI is InChI=1S/C19H17NO3/c1-12-7-9-14(10-8-12)18(21)13(2)23-19(22)16-11-20-17-6-4-3-5-15(16)17/h3-11,13,20H,1-2H3/t13-/m0/s1. The molecule has 0 saturated carbocycles. The number of ether oxygens (including phenoxy) is 1. The second-order valence-corrected chi connectivity index (χ2v) is 5.53. The summed E-state index contributed by atoms with van der Waals surface area (Å²) in [5.74, 6) is -0.714. The number of benzene rings is 2. The second-order valence-electron chi connectivity index (χ2n) is 5.53. The van der Waals surface area contributed by atoms with E-state index in [0.29, 0.717) is 11.1 Å². The molecule has 0 aliphatic rings. The molecule has 0 aliphatic heterocycles. The number of carbonyl (C=O) groups is 2. The summed E-state index contributed by atoms with van der Waals surface area (Å²) in [5.41, 5.74) is 2.90. The molecule has 0 aliphatic carbocycles. The Morgan fingerprint density at radius 2 is 1.74 bits per heavy atom. The number of fused-ring (bicyclic) bond motifs is 1. The first-order chi connectivity index (χ1) is 11.1. The minimum atomic E-state index is -0.834. The van der Waals surface area contributed by atoms with Crippen molar-refractivity contribution in [2.24, 2.45) is 0 Å². The van der Waals surface area contributed by atoms with Crippen LogP contribution < -0.4 is 0 Å². The van der Waals surface area contributed by atoms with Crippen LogP contribution in [-0.4, -0.2) is 22.8 Å². The second kappa shape index (κ2) is 6.08. The number of aromatic amines is 1. The van der Waals surface area contributed by atoms with Crippen LogP contribution in [0.3, 0.4) is 0 Å². The molecule has 4 heteroatoms. The van der Waals surface area contributed by atoms with Crippen LogP contribution >= 0.6 is 0 Å². The maximum atomic E-state index is 12.3. The smallest absolute Gasteiger partial charge is 0.341 e. The SMILES string of the molecule is Cc1ccc(C(=O)[C@H](C)OC(=O)c2c[nH]c3ccccc23)cc1. The van der Waals surface area contributed by atoms with Gasteiger partial charge in [-0.25, -0.2) is 4.79 Å². The van der Waals surface area contributed by atoms with Crippen LogP contribution in [0, 0.1) is 6.92 Å². The topological polar surface area (TPSA) is 59.2 Å². The van der Waals surface area contributed by atoms with E-state index < -0.39 is 12.1 Å². The predicted octanol–water partition coefficient (Wildman–Crippen LogP) is 3.90. The lowest BCUT2D eigenvalue weighted by Gasteiger charge is -2.12. The molecule has 0 amide bonds. The van der Waals surface area contributed by atoms with E-state index in [0.717, 1.165) is 16.5 Å². The number of ketones is 1. The molecule has 4 nitrogen and oxygen atoms in total. The van der Waals surface area contributed by atoms with Crippen LogP contribution in [0.25, 0.3) is 10.9 Å². The zero-order chi connectivity index (χ0) is 16.4. The van der Waals surface area contributed by atoms with Gasteiger partial charge in [-0.2, -0.15) is 0 Å². The molecule has 1 heterocycles. The molecule has 0 radical (unpaired) electrons. The van der Waals surface area contributed by atoms with E-state index in [1.165, 1.54) is 0 Å². The number of H-pyrrole nitrogens is 1. The molecule has 2 aromatic carbocycles. The first-order valence-corrected chi connectivity index (χ1v) is 7.44. The van der Waals surface area contributed by atoms with Gasteiger partial charge in [-0.15, -0.1) is 0 Å². The number of hydrogen-bond donors (Lipinski definition) is 1. The Kier molecular flexibility index (Phi) is 3.98. The van der Waals surface area contributed by atoms with Gasteiger partial charge in [-0.3, -0.25) is 4.79 Å². The molecule has 0 spiro atoms. The molecule has 1 atom stereocenters. The Morgan fingerprint density at radius 3 is 2.48 bits per heavy atom. The fraction of sp³-hybridized carbons (Fsp3) is 0.158. The third kappa shape index (κ3) is 3.01. The zero-order valence-corrected chi connectivity index (χ0v) is 13.0.